The molecular formula is C53H68F2N8O7S. The molecule has 2 saturated heterocycles. The van der Waals surface area contributed by atoms with E-state index in [9.17, 15) is 28.4 Å². The highest BCUT2D eigenvalue weighted by Crippen LogP contribution is 2.37. The molecule has 1 aromatic heterocycles. The maximum atomic E-state index is 15.0. The molecule has 15 nitrogen and oxygen atoms in total. The molecule has 0 radical (unpaired) electrons. The van der Waals surface area contributed by atoms with Crippen molar-refractivity contribution in [3.05, 3.63) is 101 Å². The van der Waals surface area contributed by atoms with Gasteiger partial charge in [-0.15, -0.1) is 11.3 Å². The number of anilines is 1. The van der Waals surface area contributed by atoms with E-state index in [2.05, 4.69) is 36.5 Å². The van der Waals surface area contributed by atoms with E-state index in [1.165, 1.54) is 17.4 Å². The van der Waals surface area contributed by atoms with Crippen LogP contribution in [0, 0.1) is 17.6 Å². The van der Waals surface area contributed by atoms with Crippen molar-refractivity contribution >= 4 is 46.0 Å². The van der Waals surface area contributed by atoms with Crippen molar-refractivity contribution < 1.29 is 42.2 Å². The van der Waals surface area contributed by atoms with Gasteiger partial charge in [0, 0.05) is 49.6 Å². The Morgan fingerprint density at radius 1 is 0.789 bits per heavy atom. The zero-order valence-electron chi connectivity index (χ0n) is 40.8. The van der Waals surface area contributed by atoms with Crippen LogP contribution in [0.1, 0.15) is 94.6 Å². The van der Waals surface area contributed by atoms with E-state index in [0.29, 0.717) is 77.3 Å². The molecule has 18 heteroatoms. The fourth-order valence-corrected chi connectivity index (χ4v) is 10.6. The van der Waals surface area contributed by atoms with E-state index >= 15 is 4.39 Å². The van der Waals surface area contributed by atoms with Gasteiger partial charge in [0.25, 0.3) is 5.91 Å². The summed E-state index contributed by atoms with van der Waals surface area (Å²) in [4.78, 5) is 77.7. The first kappa shape index (κ1) is 52.8. The SMILES string of the molecule is CN[C@@H](C)C(=O)N[C@H](C(=O)N1CCC[C@H]1C(=O)N[C@H](C(=O)NCCCCCCNC(=O)COc1c(-c2csc(N3CCOCC3)n2)ccc(F)c1F)C(c1ccccc1)c1ccccc1)C1CCCCC1. The Bertz CT molecular complexity index is 2340. The third-order valence-corrected chi connectivity index (χ3v) is 14.7. The third-order valence-electron chi connectivity index (χ3n) is 13.8. The van der Waals surface area contributed by atoms with E-state index in [4.69, 9.17) is 9.47 Å². The van der Waals surface area contributed by atoms with Gasteiger partial charge in [0.15, 0.2) is 23.3 Å². The summed E-state index contributed by atoms with van der Waals surface area (Å²) < 4.78 is 40.4. The summed E-state index contributed by atoms with van der Waals surface area (Å²) in [5.41, 5.74) is 2.34. The van der Waals surface area contributed by atoms with Crippen LogP contribution >= 0.6 is 11.3 Å². The molecule has 0 unspecified atom stereocenters. The number of rotatable bonds is 23. The maximum absolute atomic E-state index is 15.0. The number of likely N-dealkylation sites (tertiary alicyclic amines) is 1. The van der Waals surface area contributed by atoms with E-state index < -0.39 is 60.1 Å². The highest BCUT2D eigenvalue weighted by molar-refractivity contribution is 7.14. The van der Waals surface area contributed by atoms with Crippen molar-refractivity contribution in [1.82, 2.24) is 36.5 Å². The molecule has 0 bridgehead atoms. The monoisotopic (exact) mass is 998 g/mol. The fourth-order valence-electron chi connectivity index (χ4n) is 9.69. The van der Waals surface area contributed by atoms with Crippen LogP contribution in [-0.2, 0) is 28.7 Å². The number of likely N-dealkylation sites (N-methyl/N-ethyl adjacent to an activating group) is 1. The van der Waals surface area contributed by atoms with Crippen molar-refractivity contribution in [3.8, 4) is 17.0 Å². The average molecular weight is 999 g/mol. The standard InChI is InChI=1S/C53H68F2N8O7S/c1-35(56-2)49(65)60-46(38-21-12-7-13-22-38)52(68)63-28-16-23-42(63)50(66)61-47(44(36-17-8-5-9-18-36)37-19-10-6-11-20-37)51(67)58-27-15-4-3-14-26-57-43(64)33-70-48-39(24-25-40(54)45(48)55)41-34-71-53(59-41)62-29-31-69-32-30-62/h5-6,8-11,17-20,24-25,34-35,38,42,44,46-47,56H,3-4,7,12-16,21-23,26-33H2,1-2H3,(H,57,64)(H,58,67)(H,60,65)(H,61,66)/t35-,42-,46-,47-/m0/s1. The number of unbranched alkanes of at least 4 members (excludes halogenated alkanes) is 3. The predicted molar refractivity (Wildman–Crippen MR) is 269 cm³/mol. The smallest absolute Gasteiger partial charge is 0.257 e. The normalized spacial score (nSPS) is 17.6. The topological polar surface area (TPSA) is 183 Å². The van der Waals surface area contributed by atoms with Crippen LogP contribution in [0.3, 0.4) is 0 Å². The molecule has 5 N–H and O–H groups in total. The lowest BCUT2D eigenvalue weighted by molar-refractivity contribution is -0.143. The summed E-state index contributed by atoms with van der Waals surface area (Å²) in [6, 6.07) is 18.4. The summed E-state index contributed by atoms with van der Waals surface area (Å²) in [5, 5.41) is 17.4. The van der Waals surface area contributed by atoms with Gasteiger partial charge in [-0.25, -0.2) is 9.37 Å². The predicted octanol–water partition coefficient (Wildman–Crippen LogP) is 6.08. The second-order valence-corrected chi connectivity index (χ2v) is 19.4. The van der Waals surface area contributed by atoms with Crippen LogP contribution in [0.5, 0.6) is 5.75 Å². The number of carbonyl (C=O) groups is 5. The lowest BCUT2D eigenvalue weighted by Gasteiger charge is -2.36. The molecular weight excluding hydrogens is 931 g/mol. The minimum Gasteiger partial charge on any atom is -0.480 e. The van der Waals surface area contributed by atoms with E-state index in [0.717, 1.165) is 67.3 Å². The number of hydrogen-bond donors (Lipinski definition) is 5. The van der Waals surface area contributed by atoms with Crippen LogP contribution in [0.4, 0.5) is 13.9 Å². The van der Waals surface area contributed by atoms with Crippen LogP contribution in [0.15, 0.2) is 78.2 Å². The second kappa shape index (κ2) is 26.5. The molecule has 3 heterocycles. The summed E-state index contributed by atoms with van der Waals surface area (Å²) >= 11 is 1.38. The Kier molecular flexibility index (Phi) is 19.7. The first-order valence-corrected chi connectivity index (χ1v) is 26.0. The van der Waals surface area contributed by atoms with Gasteiger partial charge in [-0.1, -0.05) is 92.8 Å². The van der Waals surface area contributed by atoms with Gasteiger partial charge in [-0.05, 0) is 81.7 Å². The summed E-state index contributed by atoms with van der Waals surface area (Å²) in [6.45, 7) is 4.75. The van der Waals surface area contributed by atoms with Crippen molar-refractivity contribution in [2.45, 2.75) is 108 Å². The molecule has 1 saturated carbocycles. The quantitative estimate of drug-likeness (QED) is 0.0547. The molecule has 382 valence electrons. The van der Waals surface area contributed by atoms with Gasteiger partial charge in [0.05, 0.1) is 24.9 Å². The van der Waals surface area contributed by atoms with Gasteiger partial charge >= 0.3 is 0 Å². The average Bonchev–Trinajstić information content (AvgIpc) is 4.11. The molecule has 3 aromatic carbocycles. The molecule has 2 aliphatic heterocycles. The minimum atomic E-state index is -1.19. The first-order chi connectivity index (χ1) is 34.5. The largest absolute Gasteiger partial charge is 0.480 e. The number of amides is 5. The number of aromatic nitrogens is 1. The molecule has 4 aromatic rings. The molecule has 71 heavy (non-hydrogen) atoms. The number of morpholine rings is 1. The molecule has 4 atom stereocenters. The fraction of sp³-hybridized carbons (Fsp3) is 0.509. The summed E-state index contributed by atoms with van der Waals surface area (Å²) in [7, 11) is 1.70. The van der Waals surface area contributed by atoms with Crippen LogP contribution in [0.25, 0.3) is 11.3 Å². The molecule has 1 aliphatic carbocycles. The van der Waals surface area contributed by atoms with E-state index in [1.807, 2.05) is 60.7 Å². The number of halogens is 2. The number of thiazole rings is 1. The van der Waals surface area contributed by atoms with Crippen molar-refractivity contribution in [2.75, 3.05) is 64.5 Å². The van der Waals surface area contributed by atoms with Gasteiger partial charge in [-0.2, -0.15) is 4.39 Å². The van der Waals surface area contributed by atoms with Crippen LogP contribution in [0.2, 0.25) is 0 Å². The number of nitrogens with one attached hydrogen (secondary N) is 5. The number of ether oxygens (including phenoxy) is 2. The summed E-state index contributed by atoms with van der Waals surface area (Å²) in [5.74, 6) is -5.05. The Morgan fingerprint density at radius 3 is 2.11 bits per heavy atom. The molecule has 3 aliphatic rings. The Morgan fingerprint density at radius 2 is 1.45 bits per heavy atom. The summed E-state index contributed by atoms with van der Waals surface area (Å²) in [6.07, 6.45) is 8.40. The second-order valence-electron chi connectivity index (χ2n) is 18.6. The van der Waals surface area contributed by atoms with Gasteiger partial charge in [-0.3, -0.25) is 24.0 Å². The highest BCUT2D eigenvalue weighted by atomic mass is 32.1. The van der Waals surface area contributed by atoms with Gasteiger partial charge in [0.2, 0.25) is 29.4 Å². The lowest BCUT2D eigenvalue weighted by Crippen LogP contribution is -2.59. The van der Waals surface area contributed by atoms with E-state index in [-0.39, 0.29) is 35.0 Å². The van der Waals surface area contributed by atoms with E-state index in [1.54, 1.807) is 24.3 Å². The number of carbonyl (C=O) groups excluding carboxylic acids is 5. The Balaban J connectivity index is 0.931. The maximum Gasteiger partial charge on any atom is 0.257 e. The highest BCUT2D eigenvalue weighted by Gasteiger charge is 2.43. The number of benzene rings is 3. The van der Waals surface area contributed by atoms with Gasteiger partial charge < -0.3 is 45.9 Å². The zero-order chi connectivity index (χ0) is 50.1. The van der Waals surface area contributed by atoms with Crippen molar-refractivity contribution in [2.24, 2.45) is 5.92 Å². The zero-order valence-corrected chi connectivity index (χ0v) is 41.6. The lowest BCUT2D eigenvalue weighted by atomic mass is 9.83. The Labute approximate surface area is 419 Å². The third kappa shape index (κ3) is 14.1. The van der Waals surface area contributed by atoms with Crippen LogP contribution < -0.4 is 36.2 Å². The molecule has 5 amide bonds. The molecule has 7 rings (SSSR count). The number of nitrogens with zero attached hydrogens (tertiary/aromatic N) is 3. The van der Waals surface area contributed by atoms with Crippen molar-refractivity contribution in [3.63, 3.8) is 0 Å². The van der Waals surface area contributed by atoms with Crippen LogP contribution in [-0.4, -0.2) is 123 Å². The van der Waals surface area contributed by atoms with Gasteiger partial charge in [0.1, 0.15) is 18.1 Å². The first-order valence-electron chi connectivity index (χ1n) is 25.2. The molecule has 3 fully saturated rings. The minimum absolute atomic E-state index is 0.0364. The molecule has 0 spiro atoms. The number of hydrogen-bond acceptors (Lipinski definition) is 11. The Hall–Kier alpha value is -5.98. The van der Waals surface area contributed by atoms with Crippen molar-refractivity contribution in [1.29, 1.82) is 0 Å².